The molecule has 0 bridgehead atoms. The molecule has 0 amide bonds. The largest absolute Gasteiger partial charge is 0.456 e. The van der Waals surface area contributed by atoms with Crippen LogP contribution in [0.3, 0.4) is 0 Å². The Labute approximate surface area is 98.3 Å². The molecule has 0 aromatic heterocycles. The summed E-state index contributed by atoms with van der Waals surface area (Å²) in [6.07, 6.45) is -3.98. The number of hydrogen-bond acceptors (Lipinski definition) is 7. The normalized spacial score (nSPS) is 32.9. The van der Waals surface area contributed by atoms with Crippen molar-refractivity contribution in [1.29, 1.82) is 0 Å². The summed E-state index contributed by atoms with van der Waals surface area (Å²) in [6, 6.07) is 0. The Morgan fingerprint density at radius 1 is 1.29 bits per heavy atom. The van der Waals surface area contributed by atoms with E-state index in [1.54, 1.807) is 0 Å². The molecule has 1 saturated heterocycles. The molecule has 1 aliphatic heterocycles. The molecule has 3 unspecified atom stereocenters. The first kappa shape index (κ1) is 13.9. The number of hydrogen-bond donors (Lipinski definition) is 2. The molecule has 98 valence electrons. The van der Waals surface area contributed by atoms with Gasteiger partial charge in [-0.2, -0.15) is 0 Å². The van der Waals surface area contributed by atoms with Crippen LogP contribution in [-0.4, -0.2) is 59.8 Å². The minimum atomic E-state index is -1.23. The zero-order chi connectivity index (χ0) is 13.0. The Morgan fingerprint density at radius 2 is 1.88 bits per heavy atom. The maximum Gasteiger partial charge on any atom is 0.303 e. The van der Waals surface area contributed by atoms with Crippen molar-refractivity contribution in [3.05, 3.63) is 0 Å². The maximum atomic E-state index is 10.9. The van der Waals surface area contributed by atoms with Gasteiger partial charge in [0.1, 0.15) is 12.2 Å². The lowest BCUT2D eigenvalue weighted by Crippen LogP contribution is -2.56. The molecule has 1 aliphatic rings. The van der Waals surface area contributed by atoms with E-state index in [2.05, 4.69) is 0 Å². The van der Waals surface area contributed by atoms with E-state index in [4.69, 9.17) is 19.3 Å². The summed E-state index contributed by atoms with van der Waals surface area (Å²) in [5.74, 6) is -1.17. The molecular weight excluding hydrogens is 232 g/mol. The minimum Gasteiger partial charge on any atom is -0.456 e. The Morgan fingerprint density at radius 3 is 2.35 bits per heavy atom. The fourth-order valence-electron chi connectivity index (χ4n) is 1.66. The first-order valence-electron chi connectivity index (χ1n) is 5.20. The molecule has 1 rings (SSSR count). The van der Waals surface area contributed by atoms with Gasteiger partial charge in [0.05, 0.1) is 13.2 Å². The maximum absolute atomic E-state index is 10.9. The van der Waals surface area contributed by atoms with Crippen LogP contribution in [0.1, 0.15) is 13.8 Å². The van der Waals surface area contributed by atoms with Crippen LogP contribution in [0.2, 0.25) is 0 Å². The molecule has 7 nitrogen and oxygen atoms in total. The lowest BCUT2D eigenvalue weighted by molar-refractivity contribution is -0.221. The minimum absolute atomic E-state index is 0.0419. The molecule has 0 aromatic carbocycles. The Bertz CT molecular complexity index is 290. The molecule has 17 heavy (non-hydrogen) atoms. The number of aliphatic hydroxyl groups excluding tert-OH is 2. The lowest BCUT2D eigenvalue weighted by Gasteiger charge is -2.38. The van der Waals surface area contributed by atoms with Crippen LogP contribution < -0.4 is 0 Å². The second kappa shape index (κ2) is 5.95. The van der Waals surface area contributed by atoms with Crippen LogP contribution >= 0.6 is 0 Å². The van der Waals surface area contributed by atoms with Gasteiger partial charge >= 0.3 is 11.9 Å². The average molecular weight is 248 g/mol. The monoisotopic (exact) mass is 248 g/mol. The molecule has 7 heteroatoms. The fourth-order valence-corrected chi connectivity index (χ4v) is 1.66. The van der Waals surface area contributed by atoms with Crippen molar-refractivity contribution < 1.29 is 34.0 Å². The molecule has 0 spiro atoms. The van der Waals surface area contributed by atoms with Gasteiger partial charge in [-0.05, 0) is 0 Å². The van der Waals surface area contributed by atoms with Crippen molar-refractivity contribution >= 4 is 11.9 Å². The van der Waals surface area contributed by atoms with Gasteiger partial charge in [0.2, 0.25) is 0 Å². The molecule has 0 saturated carbocycles. The quantitative estimate of drug-likeness (QED) is 0.592. The van der Waals surface area contributed by atoms with Crippen LogP contribution in [-0.2, 0) is 23.8 Å². The Kier molecular flexibility index (Phi) is 4.86. The van der Waals surface area contributed by atoms with E-state index in [-0.39, 0.29) is 6.61 Å². The first-order valence-corrected chi connectivity index (χ1v) is 5.20. The molecule has 0 aromatic rings. The lowest BCUT2D eigenvalue weighted by atomic mass is 10.00. The number of carbonyl (C=O) groups is 2. The zero-order valence-corrected chi connectivity index (χ0v) is 9.66. The van der Waals surface area contributed by atoms with E-state index < -0.39 is 43.0 Å². The number of carbonyl (C=O) groups excluding carboxylic acids is 2. The summed E-state index contributed by atoms with van der Waals surface area (Å²) in [4.78, 5) is 21.8. The van der Waals surface area contributed by atoms with E-state index in [0.717, 1.165) is 0 Å². The van der Waals surface area contributed by atoms with Crippen molar-refractivity contribution in [1.82, 2.24) is 0 Å². The molecule has 1 fully saturated rings. The van der Waals surface area contributed by atoms with E-state index in [1.165, 1.54) is 13.8 Å². The third-order valence-electron chi connectivity index (χ3n) is 2.36. The molecular formula is C10H16O7. The molecule has 2 N–H and O–H groups in total. The standard InChI is InChI=1S/C10H16O7/c1-5(12)16-8-4-15-7(3-11)9(14)10(8)17-6(2)13/h7-11,14H,3-4H2,1-2H3/t7?,8?,9-,10?/m0/s1. The Hall–Kier alpha value is -1.18. The van der Waals surface area contributed by atoms with Crippen molar-refractivity contribution in [2.45, 2.75) is 38.3 Å². The average Bonchev–Trinajstić information content (AvgIpc) is 2.22. The van der Waals surface area contributed by atoms with Crippen LogP contribution in [0, 0.1) is 0 Å². The number of rotatable bonds is 3. The smallest absolute Gasteiger partial charge is 0.303 e. The van der Waals surface area contributed by atoms with E-state index in [1.807, 2.05) is 0 Å². The number of esters is 2. The van der Waals surface area contributed by atoms with E-state index >= 15 is 0 Å². The highest BCUT2D eigenvalue weighted by atomic mass is 16.6. The third-order valence-corrected chi connectivity index (χ3v) is 2.36. The van der Waals surface area contributed by atoms with Gasteiger partial charge in [-0.25, -0.2) is 0 Å². The first-order chi connectivity index (χ1) is 7.95. The third kappa shape index (κ3) is 3.65. The van der Waals surface area contributed by atoms with Crippen LogP contribution in [0.5, 0.6) is 0 Å². The van der Waals surface area contributed by atoms with Crippen molar-refractivity contribution in [2.24, 2.45) is 0 Å². The molecule has 4 atom stereocenters. The van der Waals surface area contributed by atoms with E-state index in [0.29, 0.717) is 0 Å². The van der Waals surface area contributed by atoms with Crippen LogP contribution in [0.15, 0.2) is 0 Å². The number of ether oxygens (including phenoxy) is 3. The van der Waals surface area contributed by atoms with Crippen LogP contribution in [0.4, 0.5) is 0 Å². The molecule has 0 aliphatic carbocycles. The topological polar surface area (TPSA) is 102 Å². The second-order valence-electron chi connectivity index (χ2n) is 3.77. The summed E-state index contributed by atoms with van der Waals surface area (Å²) >= 11 is 0. The number of aliphatic hydroxyl groups is 2. The van der Waals surface area contributed by atoms with Crippen molar-refractivity contribution in [3.63, 3.8) is 0 Å². The molecule has 1 heterocycles. The van der Waals surface area contributed by atoms with Gasteiger partial charge in [0.15, 0.2) is 12.2 Å². The van der Waals surface area contributed by atoms with Gasteiger partial charge in [0, 0.05) is 13.8 Å². The summed E-state index contributed by atoms with van der Waals surface area (Å²) in [7, 11) is 0. The predicted molar refractivity (Wildman–Crippen MR) is 53.9 cm³/mol. The highest BCUT2D eigenvalue weighted by Crippen LogP contribution is 2.21. The van der Waals surface area contributed by atoms with Gasteiger partial charge < -0.3 is 24.4 Å². The summed E-state index contributed by atoms with van der Waals surface area (Å²) in [6.45, 7) is 1.93. The highest BCUT2D eigenvalue weighted by molar-refractivity contribution is 5.67. The van der Waals surface area contributed by atoms with Crippen LogP contribution in [0.25, 0.3) is 0 Å². The predicted octanol–water partition coefficient (Wildman–Crippen LogP) is -1.40. The SMILES string of the molecule is CC(=O)OC1COC(CO)[C@H](O)C1OC(C)=O. The Balaban J connectivity index is 2.75. The second-order valence-corrected chi connectivity index (χ2v) is 3.77. The van der Waals surface area contributed by atoms with Crippen molar-refractivity contribution in [3.8, 4) is 0 Å². The summed E-state index contributed by atoms with van der Waals surface area (Å²) in [5, 5.41) is 18.8. The van der Waals surface area contributed by atoms with E-state index in [9.17, 15) is 14.7 Å². The van der Waals surface area contributed by atoms with Crippen molar-refractivity contribution in [2.75, 3.05) is 13.2 Å². The van der Waals surface area contributed by atoms with Gasteiger partial charge in [-0.3, -0.25) is 9.59 Å². The summed E-state index contributed by atoms with van der Waals surface area (Å²) < 4.78 is 14.9. The highest BCUT2D eigenvalue weighted by Gasteiger charge is 2.43. The molecule has 0 radical (unpaired) electrons. The van der Waals surface area contributed by atoms with Gasteiger partial charge in [-0.1, -0.05) is 0 Å². The fraction of sp³-hybridized carbons (Fsp3) is 0.800. The van der Waals surface area contributed by atoms with Gasteiger partial charge in [0.25, 0.3) is 0 Å². The zero-order valence-electron chi connectivity index (χ0n) is 9.66. The van der Waals surface area contributed by atoms with Gasteiger partial charge in [-0.15, -0.1) is 0 Å². The summed E-state index contributed by atoms with van der Waals surface area (Å²) in [5.41, 5.74) is 0.